The maximum Gasteiger partial charge on any atom is 0.254 e. The summed E-state index contributed by atoms with van der Waals surface area (Å²) < 4.78 is 28.2. The summed E-state index contributed by atoms with van der Waals surface area (Å²) in [5.74, 6) is -0.617. The Morgan fingerprint density at radius 3 is 2.30 bits per heavy atom. The number of carbonyl (C=O) groups excluding carboxylic acids is 1. The van der Waals surface area contributed by atoms with Gasteiger partial charge in [-0.2, -0.15) is 0 Å². The minimum atomic E-state index is -0.731. The van der Waals surface area contributed by atoms with Crippen LogP contribution in [0.4, 0.5) is 14.5 Å². The van der Waals surface area contributed by atoms with Crippen LogP contribution in [-0.4, -0.2) is 34.9 Å². The number of benzene rings is 3. The second-order valence-electron chi connectivity index (χ2n) is 8.24. The van der Waals surface area contributed by atoms with E-state index in [9.17, 15) is 13.6 Å². The fraction of sp³-hybridized carbons (Fsp3) is 0.192. The van der Waals surface area contributed by atoms with E-state index in [2.05, 4.69) is 4.99 Å². The van der Waals surface area contributed by atoms with Gasteiger partial charge in [0.2, 0.25) is 0 Å². The maximum atomic E-state index is 14.9. The van der Waals surface area contributed by atoms with Crippen molar-refractivity contribution in [3.05, 3.63) is 101 Å². The summed E-state index contributed by atoms with van der Waals surface area (Å²) in [6.07, 6.45) is 2.50. The maximum absolute atomic E-state index is 14.9. The average molecular weight is 444 g/mol. The molecule has 0 spiro atoms. The van der Waals surface area contributed by atoms with E-state index in [0.29, 0.717) is 18.7 Å². The SMILES string of the molecule is Nc1cccc(C2C=NC(Cc3ccccc3)C3=NC(Cc4ccc(F)cc4)C(=O)N32)c1F. The third-order valence-corrected chi connectivity index (χ3v) is 6.03. The first-order valence-electron chi connectivity index (χ1n) is 10.8. The van der Waals surface area contributed by atoms with Crippen LogP contribution < -0.4 is 5.73 Å². The Morgan fingerprint density at radius 2 is 1.55 bits per heavy atom. The summed E-state index contributed by atoms with van der Waals surface area (Å²) in [5, 5.41) is 0. The first-order valence-corrected chi connectivity index (χ1v) is 10.8. The first kappa shape index (κ1) is 21.0. The summed E-state index contributed by atoms with van der Waals surface area (Å²) in [5.41, 5.74) is 7.94. The number of amidine groups is 1. The zero-order valence-corrected chi connectivity index (χ0v) is 17.7. The molecule has 0 radical (unpaired) electrons. The van der Waals surface area contributed by atoms with E-state index < -0.39 is 17.9 Å². The van der Waals surface area contributed by atoms with Crippen molar-refractivity contribution < 1.29 is 13.6 Å². The van der Waals surface area contributed by atoms with Crippen LogP contribution >= 0.6 is 0 Å². The van der Waals surface area contributed by atoms with Crippen molar-refractivity contribution in [2.24, 2.45) is 9.98 Å². The second-order valence-corrected chi connectivity index (χ2v) is 8.24. The van der Waals surface area contributed by atoms with Gasteiger partial charge >= 0.3 is 0 Å². The number of fused-ring (bicyclic) bond motifs is 1. The van der Waals surface area contributed by atoms with E-state index in [1.807, 2.05) is 30.3 Å². The number of nitrogens with zero attached hydrogens (tertiary/aromatic N) is 3. The Hall–Kier alpha value is -3.87. The van der Waals surface area contributed by atoms with Gasteiger partial charge in [-0.3, -0.25) is 19.7 Å². The van der Waals surface area contributed by atoms with Crippen molar-refractivity contribution in [2.75, 3.05) is 5.73 Å². The molecule has 5 nitrogen and oxygen atoms in total. The number of aliphatic imine (C=N–C) groups is 2. The molecule has 0 saturated heterocycles. The van der Waals surface area contributed by atoms with Crippen LogP contribution in [0.2, 0.25) is 0 Å². The molecular weight excluding hydrogens is 422 g/mol. The number of hydrogen-bond donors (Lipinski definition) is 1. The molecule has 2 heterocycles. The van der Waals surface area contributed by atoms with Crippen molar-refractivity contribution in [3.8, 4) is 0 Å². The average Bonchev–Trinajstić information content (AvgIpc) is 3.15. The van der Waals surface area contributed by atoms with E-state index in [0.717, 1.165) is 11.1 Å². The molecule has 3 unspecified atom stereocenters. The third kappa shape index (κ3) is 4.02. The predicted octanol–water partition coefficient (Wildman–Crippen LogP) is 4.14. The van der Waals surface area contributed by atoms with Gasteiger partial charge in [-0.05, 0) is 29.3 Å². The molecule has 3 aromatic rings. The zero-order valence-electron chi connectivity index (χ0n) is 17.7. The van der Waals surface area contributed by atoms with Crippen LogP contribution in [0.3, 0.4) is 0 Å². The van der Waals surface area contributed by atoms with Crippen molar-refractivity contribution in [1.29, 1.82) is 0 Å². The zero-order chi connectivity index (χ0) is 22.9. The van der Waals surface area contributed by atoms with Gasteiger partial charge in [0.1, 0.15) is 29.8 Å². The van der Waals surface area contributed by atoms with Crippen LogP contribution in [-0.2, 0) is 17.6 Å². The standard InChI is InChI=1S/C26H22F2N4O/c27-18-11-9-17(10-12-18)14-22-26(33)32-23(19-7-4-8-20(29)24(19)28)15-30-21(25(32)31-22)13-16-5-2-1-3-6-16/h1-12,15,21-23H,13-14,29H2. The second kappa shape index (κ2) is 8.58. The monoisotopic (exact) mass is 444 g/mol. The quantitative estimate of drug-likeness (QED) is 0.601. The van der Waals surface area contributed by atoms with Gasteiger partial charge in [-0.15, -0.1) is 0 Å². The number of amides is 1. The number of halogens is 2. The molecule has 33 heavy (non-hydrogen) atoms. The molecule has 7 heteroatoms. The minimum Gasteiger partial charge on any atom is -0.396 e. The number of nitrogens with two attached hydrogens (primary N) is 1. The van der Waals surface area contributed by atoms with Gasteiger partial charge < -0.3 is 5.73 Å². The molecule has 5 rings (SSSR count). The highest BCUT2D eigenvalue weighted by Gasteiger charge is 2.44. The fourth-order valence-electron chi connectivity index (χ4n) is 4.37. The molecule has 0 aromatic heterocycles. The van der Waals surface area contributed by atoms with Crippen molar-refractivity contribution >= 4 is 23.6 Å². The summed E-state index contributed by atoms with van der Waals surface area (Å²) >= 11 is 0. The van der Waals surface area contributed by atoms with Crippen LogP contribution in [0.15, 0.2) is 82.8 Å². The highest BCUT2D eigenvalue weighted by Crippen LogP contribution is 2.34. The molecule has 2 aliphatic rings. The number of rotatable bonds is 5. The third-order valence-electron chi connectivity index (χ3n) is 6.03. The molecule has 2 aliphatic heterocycles. The van der Waals surface area contributed by atoms with Crippen molar-refractivity contribution in [3.63, 3.8) is 0 Å². The lowest BCUT2D eigenvalue weighted by Gasteiger charge is -2.33. The molecular formula is C26H22F2N4O. The van der Waals surface area contributed by atoms with Gasteiger partial charge in [0.15, 0.2) is 5.82 Å². The highest BCUT2D eigenvalue weighted by atomic mass is 19.1. The molecule has 1 amide bonds. The summed E-state index contributed by atoms with van der Waals surface area (Å²) in [6.45, 7) is 0. The Bertz CT molecular complexity index is 1240. The number of anilines is 1. The molecule has 166 valence electrons. The fourth-order valence-corrected chi connectivity index (χ4v) is 4.37. The topological polar surface area (TPSA) is 71.0 Å². The van der Waals surface area contributed by atoms with Crippen LogP contribution in [0.25, 0.3) is 0 Å². The van der Waals surface area contributed by atoms with E-state index in [1.54, 1.807) is 35.4 Å². The van der Waals surface area contributed by atoms with E-state index in [4.69, 9.17) is 10.7 Å². The van der Waals surface area contributed by atoms with Crippen LogP contribution in [0.5, 0.6) is 0 Å². The Balaban J connectivity index is 1.52. The van der Waals surface area contributed by atoms with Crippen molar-refractivity contribution in [1.82, 2.24) is 4.90 Å². The smallest absolute Gasteiger partial charge is 0.254 e. The lowest BCUT2D eigenvalue weighted by atomic mass is 9.98. The minimum absolute atomic E-state index is 0.0142. The Labute approximate surface area is 190 Å². The van der Waals surface area contributed by atoms with Gasteiger partial charge in [0, 0.05) is 24.6 Å². The molecule has 2 N–H and O–H groups in total. The van der Waals surface area contributed by atoms with Gasteiger partial charge in [0.25, 0.3) is 5.91 Å². The molecule has 0 fully saturated rings. The summed E-state index contributed by atoms with van der Waals surface area (Å²) in [6, 6.07) is 18.8. The van der Waals surface area contributed by atoms with Crippen LogP contribution in [0, 0.1) is 11.6 Å². The summed E-state index contributed by atoms with van der Waals surface area (Å²) in [4.78, 5) is 24.5. The largest absolute Gasteiger partial charge is 0.396 e. The Kier molecular flexibility index (Phi) is 5.46. The highest BCUT2D eigenvalue weighted by molar-refractivity contribution is 6.12. The molecule has 3 aromatic carbocycles. The lowest BCUT2D eigenvalue weighted by Crippen LogP contribution is -2.47. The molecule has 0 bridgehead atoms. The number of carbonyl (C=O) groups is 1. The molecule has 0 saturated carbocycles. The van der Waals surface area contributed by atoms with E-state index >= 15 is 0 Å². The van der Waals surface area contributed by atoms with E-state index in [-0.39, 0.29) is 29.0 Å². The van der Waals surface area contributed by atoms with Crippen LogP contribution in [0.1, 0.15) is 22.7 Å². The number of hydrogen-bond acceptors (Lipinski definition) is 4. The van der Waals surface area contributed by atoms with E-state index in [1.165, 1.54) is 18.2 Å². The van der Waals surface area contributed by atoms with Gasteiger partial charge in [0.05, 0.1) is 5.69 Å². The first-order chi connectivity index (χ1) is 16.0. The van der Waals surface area contributed by atoms with Crippen molar-refractivity contribution in [2.45, 2.75) is 31.0 Å². The molecule has 3 atom stereocenters. The lowest BCUT2D eigenvalue weighted by molar-refractivity contribution is -0.128. The number of nitrogen functional groups attached to an aromatic ring is 1. The summed E-state index contributed by atoms with van der Waals surface area (Å²) in [7, 11) is 0. The predicted molar refractivity (Wildman–Crippen MR) is 124 cm³/mol. The Morgan fingerprint density at radius 1 is 0.848 bits per heavy atom. The van der Waals surface area contributed by atoms with Gasteiger partial charge in [-0.25, -0.2) is 8.78 Å². The normalized spacial score (nSPS) is 21.8. The van der Waals surface area contributed by atoms with Gasteiger partial charge in [-0.1, -0.05) is 54.6 Å². The molecule has 0 aliphatic carbocycles.